The summed E-state index contributed by atoms with van der Waals surface area (Å²) in [6, 6.07) is 0. The van der Waals surface area contributed by atoms with Crippen LogP contribution in [-0.4, -0.2) is 0 Å². The molecule has 0 aromatic rings. The van der Waals surface area contributed by atoms with Crippen molar-refractivity contribution in [2.24, 2.45) is 5.92 Å². The molecule has 1 aliphatic rings. The Hall–Kier alpha value is 0.194. The van der Waals surface area contributed by atoms with Crippen LogP contribution in [0.3, 0.4) is 0 Å². The van der Waals surface area contributed by atoms with Crippen molar-refractivity contribution in [3.8, 4) is 0 Å². The van der Waals surface area contributed by atoms with Gasteiger partial charge in [0.15, 0.2) is 0 Å². The molecule has 1 atom stereocenters. The first-order valence-electron chi connectivity index (χ1n) is 6.40. The maximum atomic E-state index is 2.58. The zero-order valence-electron chi connectivity index (χ0n) is 12.6. The Morgan fingerprint density at radius 2 is 1.38 bits per heavy atom. The van der Waals surface area contributed by atoms with Gasteiger partial charge in [-0.2, -0.15) is 0 Å². The molecule has 92 valence electrons. The molecule has 1 aliphatic carbocycles. The molecule has 0 aliphatic heterocycles. The van der Waals surface area contributed by atoms with E-state index in [0.29, 0.717) is 9.64 Å². The summed E-state index contributed by atoms with van der Waals surface area (Å²) in [5, 5.41) is 5.17. The second-order valence-electron chi connectivity index (χ2n) is 6.94. The van der Waals surface area contributed by atoms with Crippen molar-refractivity contribution in [3.05, 3.63) is 20.6 Å². The molecular formula is C15H28Ti. The van der Waals surface area contributed by atoms with E-state index in [1.54, 1.807) is 16.7 Å². The van der Waals surface area contributed by atoms with Crippen molar-refractivity contribution in [1.82, 2.24) is 0 Å². The van der Waals surface area contributed by atoms with Crippen LogP contribution in [0, 0.1) is 5.92 Å². The fourth-order valence-electron chi connectivity index (χ4n) is 2.78. The normalized spacial score (nSPS) is 23.4. The van der Waals surface area contributed by atoms with E-state index in [1.165, 1.54) is 0 Å². The number of allylic oxidation sites excluding steroid dienone is 4. The molecule has 0 bridgehead atoms. The average molecular weight is 256 g/mol. The second kappa shape index (κ2) is 4.14. The summed E-state index contributed by atoms with van der Waals surface area (Å²) in [7, 11) is 0. The van der Waals surface area contributed by atoms with Crippen molar-refractivity contribution in [2.45, 2.75) is 62.6 Å². The van der Waals surface area contributed by atoms with Crippen molar-refractivity contribution in [1.29, 1.82) is 0 Å². The molecule has 0 aromatic heterocycles. The Bertz CT molecular complexity index is 361. The van der Waals surface area contributed by atoms with Crippen LogP contribution in [0.2, 0.25) is 14.2 Å². The second-order valence-corrected chi connectivity index (χ2v) is 15.2. The summed E-state index contributed by atoms with van der Waals surface area (Å²) in [6.45, 7) is 16.7. The Labute approximate surface area is 106 Å². The topological polar surface area (TPSA) is 0 Å². The van der Waals surface area contributed by atoms with Crippen molar-refractivity contribution < 1.29 is 16.6 Å². The van der Waals surface area contributed by atoms with Crippen molar-refractivity contribution in [3.63, 3.8) is 0 Å². The van der Waals surface area contributed by atoms with Gasteiger partial charge in [0, 0.05) is 0 Å². The standard InChI is InChI=1S/C9H13.C4H9.2CH3.Ti/c1-6-5-7(2)9(4)8(6)3;1-4(2)3;;;/h6H,1-4H3;1-3H3;2*1H3;. The van der Waals surface area contributed by atoms with Gasteiger partial charge in [-0.3, -0.25) is 0 Å². The Morgan fingerprint density at radius 1 is 0.938 bits per heavy atom. The molecule has 1 unspecified atom stereocenters. The molecule has 16 heavy (non-hydrogen) atoms. The van der Waals surface area contributed by atoms with Crippen LogP contribution >= 0.6 is 0 Å². The summed E-state index contributed by atoms with van der Waals surface area (Å²) in [6.07, 6.45) is 0. The van der Waals surface area contributed by atoms with Gasteiger partial charge in [-0.05, 0) is 0 Å². The van der Waals surface area contributed by atoms with Crippen LogP contribution in [-0.2, 0) is 16.6 Å². The summed E-state index contributed by atoms with van der Waals surface area (Å²) >= 11 is -1.90. The Kier molecular flexibility index (Phi) is 3.69. The molecule has 0 nitrogen and oxygen atoms in total. The van der Waals surface area contributed by atoms with Gasteiger partial charge in [0.2, 0.25) is 0 Å². The average Bonchev–Trinajstić information content (AvgIpc) is 2.29. The minimum atomic E-state index is -1.90. The summed E-state index contributed by atoms with van der Waals surface area (Å²) in [5.74, 6) is 0.703. The summed E-state index contributed by atoms with van der Waals surface area (Å²) in [5.41, 5.74) is 4.78. The number of hydrogen-bond donors (Lipinski definition) is 0. The molecule has 0 amide bonds. The first-order chi connectivity index (χ1) is 7.01. The van der Waals surface area contributed by atoms with Crippen LogP contribution in [0.25, 0.3) is 0 Å². The zero-order chi connectivity index (χ0) is 12.9. The Balaban J connectivity index is 3.29. The molecule has 1 heteroatoms. The van der Waals surface area contributed by atoms with Crippen LogP contribution in [0.1, 0.15) is 48.5 Å². The fraction of sp³-hybridized carbons (Fsp3) is 0.733. The van der Waals surface area contributed by atoms with E-state index in [-0.39, 0.29) is 0 Å². The molecule has 0 saturated heterocycles. The molecule has 0 N–H and O–H groups in total. The van der Waals surface area contributed by atoms with E-state index in [0.717, 1.165) is 0 Å². The van der Waals surface area contributed by atoms with Crippen LogP contribution in [0.4, 0.5) is 0 Å². The van der Waals surface area contributed by atoms with Gasteiger partial charge in [0.05, 0.1) is 0 Å². The SMILES string of the molecule is CC1=C(C)C(C)[C]([Ti]([CH3])([CH3])[C](C)(C)C)=C1C. The van der Waals surface area contributed by atoms with E-state index < -0.39 is 16.6 Å². The van der Waals surface area contributed by atoms with Gasteiger partial charge in [-0.1, -0.05) is 0 Å². The zero-order valence-corrected chi connectivity index (χ0v) is 14.1. The monoisotopic (exact) mass is 256 g/mol. The molecule has 0 aromatic carbocycles. The van der Waals surface area contributed by atoms with Crippen LogP contribution in [0.15, 0.2) is 20.6 Å². The van der Waals surface area contributed by atoms with Gasteiger partial charge in [-0.25, -0.2) is 0 Å². The molecule has 1 rings (SSSR count). The summed E-state index contributed by atoms with van der Waals surface area (Å²) in [4.78, 5) is 0. The van der Waals surface area contributed by atoms with Crippen LogP contribution in [0.5, 0.6) is 0 Å². The van der Waals surface area contributed by atoms with E-state index in [2.05, 4.69) is 58.9 Å². The van der Waals surface area contributed by atoms with Gasteiger partial charge >= 0.3 is 106 Å². The Morgan fingerprint density at radius 3 is 1.62 bits per heavy atom. The number of hydrogen-bond acceptors (Lipinski definition) is 0. The van der Waals surface area contributed by atoms with Gasteiger partial charge in [0.25, 0.3) is 0 Å². The molecule has 0 fully saturated rings. The predicted molar refractivity (Wildman–Crippen MR) is 71.7 cm³/mol. The molecule has 0 saturated carbocycles. The van der Waals surface area contributed by atoms with Gasteiger partial charge < -0.3 is 0 Å². The first-order valence-corrected chi connectivity index (χ1v) is 11.1. The third-order valence-corrected chi connectivity index (χ3v) is 14.4. The summed E-state index contributed by atoms with van der Waals surface area (Å²) < 4.78 is 2.33. The van der Waals surface area contributed by atoms with Gasteiger partial charge in [0.1, 0.15) is 0 Å². The third-order valence-electron chi connectivity index (χ3n) is 5.19. The molecule has 0 spiro atoms. The van der Waals surface area contributed by atoms with Gasteiger partial charge in [-0.15, -0.1) is 0 Å². The quantitative estimate of drug-likeness (QED) is 0.527. The van der Waals surface area contributed by atoms with E-state index >= 15 is 0 Å². The predicted octanol–water partition coefficient (Wildman–Crippen LogP) is 5.72. The third kappa shape index (κ3) is 1.99. The van der Waals surface area contributed by atoms with Crippen molar-refractivity contribution in [2.75, 3.05) is 0 Å². The first kappa shape index (κ1) is 14.3. The molecule has 0 radical (unpaired) electrons. The van der Waals surface area contributed by atoms with E-state index in [9.17, 15) is 0 Å². The number of rotatable bonds is 1. The van der Waals surface area contributed by atoms with Crippen molar-refractivity contribution >= 4 is 0 Å². The fourth-order valence-corrected chi connectivity index (χ4v) is 7.82. The molecule has 0 heterocycles. The maximum absolute atomic E-state index is 2.58. The minimum absolute atomic E-state index is 0.496. The van der Waals surface area contributed by atoms with E-state index in [4.69, 9.17) is 0 Å². The van der Waals surface area contributed by atoms with E-state index in [1.807, 2.05) is 3.88 Å². The molecular weight excluding hydrogens is 228 g/mol. The van der Waals surface area contributed by atoms with Crippen LogP contribution < -0.4 is 0 Å².